The molecule has 0 spiro atoms. The Bertz CT molecular complexity index is 1110. The smallest absolute Gasteiger partial charge is 0.282 e. The van der Waals surface area contributed by atoms with Crippen molar-refractivity contribution in [2.75, 3.05) is 6.61 Å². The predicted octanol–water partition coefficient (Wildman–Crippen LogP) is 4.12. The zero-order valence-electron chi connectivity index (χ0n) is 13.7. The molecule has 0 radical (unpaired) electrons. The van der Waals surface area contributed by atoms with Crippen molar-refractivity contribution in [3.8, 4) is 18.1 Å². The molecule has 0 bridgehead atoms. The Morgan fingerprint density at radius 2 is 2.12 bits per heavy atom. The Labute approximate surface area is 167 Å². The average Bonchev–Trinajstić information content (AvgIpc) is 2.61. The highest BCUT2D eigenvalue weighted by Crippen LogP contribution is 2.25. The molecule has 26 heavy (non-hydrogen) atoms. The van der Waals surface area contributed by atoms with Gasteiger partial charge in [-0.2, -0.15) is 9.78 Å². The third-order valence-electron chi connectivity index (χ3n) is 3.56. The lowest BCUT2D eigenvalue weighted by molar-refractivity contribution is 0.368. The van der Waals surface area contributed by atoms with Gasteiger partial charge in [0.2, 0.25) is 0 Å². The van der Waals surface area contributed by atoms with Gasteiger partial charge in [0.15, 0.2) is 0 Å². The zero-order valence-corrected chi connectivity index (χ0v) is 16.9. The summed E-state index contributed by atoms with van der Waals surface area (Å²) in [5.74, 6) is 3.57. The number of ether oxygens (including phenoxy) is 1. The van der Waals surface area contributed by atoms with Crippen LogP contribution in [0.15, 0.2) is 55.2 Å². The van der Waals surface area contributed by atoms with Gasteiger partial charge in [-0.05, 0) is 64.8 Å². The molecular formula is C19H13Br2N3O2. The number of fused-ring (bicyclic) bond motifs is 1. The number of rotatable bonds is 4. The SMILES string of the molecule is C#CCOc1ccc(C=Nn2c(C)nc3ccc(Br)cc3c2=O)cc1Br. The molecule has 0 aliphatic rings. The fourth-order valence-corrected chi connectivity index (χ4v) is 3.23. The van der Waals surface area contributed by atoms with Gasteiger partial charge < -0.3 is 4.74 Å². The highest BCUT2D eigenvalue weighted by molar-refractivity contribution is 9.10. The van der Waals surface area contributed by atoms with Gasteiger partial charge in [-0.1, -0.05) is 21.9 Å². The van der Waals surface area contributed by atoms with Crippen molar-refractivity contribution in [3.05, 3.63) is 67.1 Å². The van der Waals surface area contributed by atoms with E-state index in [0.717, 1.165) is 14.5 Å². The Morgan fingerprint density at radius 1 is 1.31 bits per heavy atom. The first-order valence-corrected chi connectivity index (χ1v) is 9.17. The average molecular weight is 475 g/mol. The molecule has 0 fully saturated rings. The fourth-order valence-electron chi connectivity index (χ4n) is 2.35. The van der Waals surface area contributed by atoms with Crippen molar-refractivity contribution in [1.29, 1.82) is 0 Å². The standard InChI is InChI=1S/C19H13Br2N3O2/c1-3-8-26-18-7-4-13(9-16(18)21)11-22-24-12(2)23-17-6-5-14(20)10-15(17)19(24)25/h1,4-7,9-11H,8H2,2H3. The van der Waals surface area contributed by atoms with Crippen molar-refractivity contribution in [2.24, 2.45) is 5.10 Å². The first-order chi connectivity index (χ1) is 12.5. The molecule has 7 heteroatoms. The van der Waals surface area contributed by atoms with Gasteiger partial charge in [-0.3, -0.25) is 4.79 Å². The minimum atomic E-state index is -0.224. The molecule has 0 N–H and O–H groups in total. The second-order valence-corrected chi connectivity index (χ2v) is 7.13. The van der Waals surface area contributed by atoms with Crippen molar-refractivity contribution in [1.82, 2.24) is 9.66 Å². The second-order valence-electron chi connectivity index (χ2n) is 5.36. The largest absolute Gasteiger partial charge is 0.480 e. The highest BCUT2D eigenvalue weighted by Gasteiger charge is 2.08. The van der Waals surface area contributed by atoms with Gasteiger partial charge in [0.1, 0.15) is 18.2 Å². The summed E-state index contributed by atoms with van der Waals surface area (Å²) in [6.45, 7) is 1.94. The van der Waals surface area contributed by atoms with E-state index in [1.165, 1.54) is 4.68 Å². The van der Waals surface area contributed by atoms with Gasteiger partial charge in [-0.15, -0.1) is 6.42 Å². The van der Waals surface area contributed by atoms with E-state index in [0.29, 0.717) is 22.5 Å². The summed E-state index contributed by atoms with van der Waals surface area (Å²) in [7, 11) is 0. The lowest BCUT2D eigenvalue weighted by Crippen LogP contribution is -2.20. The van der Waals surface area contributed by atoms with Crippen molar-refractivity contribution >= 4 is 49.0 Å². The van der Waals surface area contributed by atoms with Crippen LogP contribution in [-0.2, 0) is 0 Å². The van der Waals surface area contributed by atoms with Crippen LogP contribution in [0.2, 0.25) is 0 Å². The Kier molecular flexibility index (Phi) is 5.55. The molecular weight excluding hydrogens is 462 g/mol. The lowest BCUT2D eigenvalue weighted by atomic mass is 10.2. The molecule has 0 aliphatic carbocycles. The third-order valence-corrected chi connectivity index (χ3v) is 4.67. The third kappa shape index (κ3) is 3.87. The number of aromatic nitrogens is 2. The van der Waals surface area contributed by atoms with Crippen molar-refractivity contribution in [2.45, 2.75) is 6.92 Å². The topological polar surface area (TPSA) is 56.5 Å². The number of benzene rings is 2. The Balaban J connectivity index is 1.97. The maximum Gasteiger partial charge on any atom is 0.282 e. The molecule has 1 heterocycles. The van der Waals surface area contributed by atoms with E-state index in [4.69, 9.17) is 11.2 Å². The second kappa shape index (κ2) is 7.85. The minimum absolute atomic E-state index is 0.193. The zero-order chi connectivity index (χ0) is 18.7. The molecule has 0 aliphatic heterocycles. The molecule has 3 aromatic rings. The maximum atomic E-state index is 12.7. The van der Waals surface area contributed by atoms with E-state index in [-0.39, 0.29) is 12.2 Å². The summed E-state index contributed by atoms with van der Waals surface area (Å²) < 4.78 is 8.25. The van der Waals surface area contributed by atoms with Crippen LogP contribution in [0.4, 0.5) is 0 Å². The summed E-state index contributed by atoms with van der Waals surface area (Å²) in [6, 6.07) is 10.8. The highest BCUT2D eigenvalue weighted by atomic mass is 79.9. The number of nitrogens with zero attached hydrogens (tertiary/aromatic N) is 3. The Morgan fingerprint density at radius 3 is 2.85 bits per heavy atom. The number of hydrogen-bond acceptors (Lipinski definition) is 4. The normalized spacial score (nSPS) is 11.0. The Hall–Kier alpha value is -2.43. The summed E-state index contributed by atoms with van der Waals surface area (Å²) >= 11 is 6.81. The molecule has 0 saturated carbocycles. The van der Waals surface area contributed by atoms with Crippen LogP contribution in [0, 0.1) is 19.3 Å². The van der Waals surface area contributed by atoms with Crippen LogP contribution in [0.25, 0.3) is 10.9 Å². The minimum Gasteiger partial charge on any atom is -0.480 e. The summed E-state index contributed by atoms with van der Waals surface area (Å²) in [5.41, 5.74) is 1.21. The van der Waals surface area contributed by atoms with Crippen molar-refractivity contribution < 1.29 is 4.74 Å². The number of terminal acetylenes is 1. The number of halogens is 2. The van der Waals surface area contributed by atoms with Crippen LogP contribution in [0.3, 0.4) is 0 Å². The van der Waals surface area contributed by atoms with E-state index in [1.54, 1.807) is 31.3 Å². The van der Waals surface area contributed by atoms with E-state index < -0.39 is 0 Å². The number of aryl methyl sites for hydroxylation is 1. The summed E-state index contributed by atoms with van der Waals surface area (Å²) in [4.78, 5) is 17.1. The number of hydrogen-bond donors (Lipinski definition) is 0. The van der Waals surface area contributed by atoms with Crippen LogP contribution in [-0.4, -0.2) is 22.5 Å². The van der Waals surface area contributed by atoms with Gasteiger partial charge in [0.05, 0.1) is 21.6 Å². The predicted molar refractivity (Wildman–Crippen MR) is 110 cm³/mol. The van der Waals surface area contributed by atoms with Crippen LogP contribution < -0.4 is 10.3 Å². The maximum absolute atomic E-state index is 12.7. The van der Waals surface area contributed by atoms with Gasteiger partial charge >= 0.3 is 0 Å². The molecule has 0 atom stereocenters. The lowest BCUT2D eigenvalue weighted by Gasteiger charge is -2.07. The molecule has 1 aromatic heterocycles. The van der Waals surface area contributed by atoms with Gasteiger partial charge in [0, 0.05) is 4.47 Å². The van der Waals surface area contributed by atoms with E-state index in [1.807, 2.05) is 18.2 Å². The first-order valence-electron chi connectivity index (χ1n) is 7.58. The van der Waals surface area contributed by atoms with Gasteiger partial charge in [0.25, 0.3) is 5.56 Å². The first kappa shape index (κ1) is 18.4. The van der Waals surface area contributed by atoms with Crippen molar-refractivity contribution in [3.63, 3.8) is 0 Å². The summed E-state index contributed by atoms with van der Waals surface area (Å²) in [5, 5.41) is 4.80. The molecule has 0 amide bonds. The molecule has 0 unspecified atom stereocenters. The van der Waals surface area contributed by atoms with Crippen LogP contribution in [0.1, 0.15) is 11.4 Å². The molecule has 5 nitrogen and oxygen atoms in total. The van der Waals surface area contributed by atoms with E-state index in [2.05, 4.69) is 47.9 Å². The van der Waals surface area contributed by atoms with Crippen LogP contribution in [0.5, 0.6) is 5.75 Å². The quantitative estimate of drug-likeness (QED) is 0.422. The molecule has 3 rings (SSSR count). The molecule has 0 saturated heterocycles. The van der Waals surface area contributed by atoms with Gasteiger partial charge in [-0.25, -0.2) is 4.98 Å². The van der Waals surface area contributed by atoms with E-state index in [9.17, 15) is 4.79 Å². The van der Waals surface area contributed by atoms with Crippen LogP contribution >= 0.6 is 31.9 Å². The van der Waals surface area contributed by atoms with E-state index >= 15 is 0 Å². The summed E-state index contributed by atoms with van der Waals surface area (Å²) in [6.07, 6.45) is 6.79. The fraction of sp³-hybridized carbons (Fsp3) is 0.105. The molecule has 2 aromatic carbocycles. The molecule has 130 valence electrons. The monoisotopic (exact) mass is 473 g/mol.